The molecule has 0 saturated carbocycles. The smallest absolute Gasteiger partial charge is 0.133 e. The third kappa shape index (κ3) is 2.76. The van der Waals surface area contributed by atoms with Crippen LogP contribution in [0.3, 0.4) is 0 Å². The topological polar surface area (TPSA) is 62.4 Å². The Bertz CT molecular complexity index is 390. The highest BCUT2D eigenvalue weighted by atomic mass is 16.3. The standard InChI is InChI=1S/C13H21N3O/c1-10(14)11-5-3-7-15-12(11)16-8-4-6-13(2,17)9-16/h3,5,7,10,17H,4,6,8-9,14H2,1-2H3/t10-,13?/m1/s1. The summed E-state index contributed by atoms with van der Waals surface area (Å²) in [4.78, 5) is 6.57. The number of nitrogens with two attached hydrogens (primary N) is 1. The molecule has 0 radical (unpaired) electrons. The Labute approximate surface area is 102 Å². The van der Waals surface area contributed by atoms with E-state index in [2.05, 4.69) is 9.88 Å². The minimum absolute atomic E-state index is 0.0365. The van der Waals surface area contributed by atoms with Crippen molar-refractivity contribution in [1.82, 2.24) is 4.98 Å². The van der Waals surface area contributed by atoms with Gasteiger partial charge in [0.05, 0.1) is 5.60 Å². The Kier molecular flexibility index (Phi) is 3.35. The highest BCUT2D eigenvalue weighted by Crippen LogP contribution is 2.28. The zero-order valence-electron chi connectivity index (χ0n) is 10.6. The lowest BCUT2D eigenvalue weighted by molar-refractivity contribution is 0.0446. The van der Waals surface area contributed by atoms with Crippen molar-refractivity contribution in [1.29, 1.82) is 0 Å². The number of rotatable bonds is 2. The van der Waals surface area contributed by atoms with Crippen LogP contribution in [-0.2, 0) is 0 Å². The quantitative estimate of drug-likeness (QED) is 0.814. The zero-order valence-corrected chi connectivity index (χ0v) is 10.6. The number of piperidine rings is 1. The third-order valence-electron chi connectivity index (χ3n) is 3.28. The molecule has 1 aliphatic rings. The van der Waals surface area contributed by atoms with Crippen LogP contribution in [-0.4, -0.2) is 28.8 Å². The van der Waals surface area contributed by atoms with E-state index in [1.807, 2.05) is 26.0 Å². The minimum Gasteiger partial charge on any atom is -0.388 e. The van der Waals surface area contributed by atoms with Gasteiger partial charge in [0.1, 0.15) is 5.82 Å². The first kappa shape index (κ1) is 12.3. The van der Waals surface area contributed by atoms with E-state index in [1.54, 1.807) is 6.20 Å². The first-order valence-corrected chi connectivity index (χ1v) is 6.17. The van der Waals surface area contributed by atoms with E-state index in [1.165, 1.54) is 0 Å². The highest BCUT2D eigenvalue weighted by Gasteiger charge is 2.30. The van der Waals surface area contributed by atoms with Gasteiger partial charge in [0.2, 0.25) is 0 Å². The van der Waals surface area contributed by atoms with Gasteiger partial charge in [-0.1, -0.05) is 6.07 Å². The lowest BCUT2D eigenvalue weighted by Crippen LogP contribution is -2.46. The van der Waals surface area contributed by atoms with Gasteiger partial charge in [0, 0.05) is 30.9 Å². The number of β-amino-alcohol motifs (C(OH)–C–C–N with tert-alkyl or cyclic N) is 1. The monoisotopic (exact) mass is 235 g/mol. The second-order valence-corrected chi connectivity index (χ2v) is 5.23. The van der Waals surface area contributed by atoms with E-state index >= 15 is 0 Å². The molecular formula is C13H21N3O. The van der Waals surface area contributed by atoms with Gasteiger partial charge >= 0.3 is 0 Å². The Morgan fingerprint density at radius 1 is 1.59 bits per heavy atom. The molecule has 4 heteroatoms. The van der Waals surface area contributed by atoms with Crippen LogP contribution in [0.2, 0.25) is 0 Å². The van der Waals surface area contributed by atoms with E-state index in [0.717, 1.165) is 30.8 Å². The van der Waals surface area contributed by atoms with Crippen molar-refractivity contribution in [2.45, 2.75) is 38.3 Å². The first-order chi connectivity index (χ1) is 7.99. The highest BCUT2D eigenvalue weighted by molar-refractivity contribution is 5.49. The molecule has 1 aromatic rings. The molecule has 1 aliphatic heterocycles. The summed E-state index contributed by atoms with van der Waals surface area (Å²) in [7, 11) is 0. The van der Waals surface area contributed by atoms with E-state index in [0.29, 0.717) is 6.54 Å². The molecule has 2 heterocycles. The van der Waals surface area contributed by atoms with Gasteiger partial charge in [-0.2, -0.15) is 0 Å². The summed E-state index contributed by atoms with van der Waals surface area (Å²) in [5.74, 6) is 0.919. The van der Waals surface area contributed by atoms with Crippen molar-refractivity contribution < 1.29 is 5.11 Å². The molecule has 0 spiro atoms. The van der Waals surface area contributed by atoms with Crippen LogP contribution in [0.25, 0.3) is 0 Å². The Hall–Kier alpha value is -1.13. The molecule has 2 rings (SSSR count). The number of nitrogens with zero attached hydrogens (tertiary/aromatic N) is 2. The molecule has 4 nitrogen and oxygen atoms in total. The maximum absolute atomic E-state index is 10.1. The van der Waals surface area contributed by atoms with Crippen molar-refractivity contribution in [3.63, 3.8) is 0 Å². The summed E-state index contributed by atoms with van der Waals surface area (Å²) in [6, 6.07) is 3.88. The van der Waals surface area contributed by atoms with Crippen molar-refractivity contribution in [2.24, 2.45) is 5.73 Å². The average molecular weight is 235 g/mol. The largest absolute Gasteiger partial charge is 0.388 e. The summed E-state index contributed by atoms with van der Waals surface area (Å²) in [5.41, 5.74) is 6.39. The van der Waals surface area contributed by atoms with Gasteiger partial charge in [0.15, 0.2) is 0 Å². The van der Waals surface area contributed by atoms with Gasteiger partial charge in [-0.3, -0.25) is 0 Å². The van der Waals surface area contributed by atoms with Crippen molar-refractivity contribution in [3.05, 3.63) is 23.9 Å². The number of hydrogen-bond donors (Lipinski definition) is 2. The second-order valence-electron chi connectivity index (χ2n) is 5.23. The fourth-order valence-electron chi connectivity index (χ4n) is 2.43. The normalized spacial score (nSPS) is 26.9. The molecule has 2 atom stereocenters. The molecule has 0 bridgehead atoms. The lowest BCUT2D eigenvalue weighted by atomic mass is 9.94. The maximum Gasteiger partial charge on any atom is 0.133 e. The van der Waals surface area contributed by atoms with Gasteiger partial charge in [0.25, 0.3) is 0 Å². The van der Waals surface area contributed by atoms with Gasteiger partial charge in [-0.05, 0) is 32.8 Å². The summed E-state index contributed by atoms with van der Waals surface area (Å²) in [6.07, 6.45) is 3.62. The van der Waals surface area contributed by atoms with Crippen molar-refractivity contribution >= 4 is 5.82 Å². The summed E-state index contributed by atoms with van der Waals surface area (Å²) >= 11 is 0. The molecule has 94 valence electrons. The SMILES string of the molecule is C[C@@H](N)c1cccnc1N1CCCC(C)(O)C1. The molecule has 1 aromatic heterocycles. The van der Waals surface area contributed by atoms with Crippen LogP contribution in [0.1, 0.15) is 38.3 Å². The molecule has 3 N–H and O–H groups in total. The summed E-state index contributed by atoms with van der Waals surface area (Å²) < 4.78 is 0. The second kappa shape index (κ2) is 4.63. The summed E-state index contributed by atoms with van der Waals surface area (Å²) in [5, 5.41) is 10.1. The number of anilines is 1. The van der Waals surface area contributed by atoms with Crippen LogP contribution in [0.5, 0.6) is 0 Å². The minimum atomic E-state index is -0.620. The Balaban J connectivity index is 2.27. The fourth-order valence-corrected chi connectivity index (χ4v) is 2.43. The van der Waals surface area contributed by atoms with E-state index in [4.69, 9.17) is 5.73 Å². The molecule has 0 aromatic carbocycles. The molecule has 1 fully saturated rings. The first-order valence-electron chi connectivity index (χ1n) is 6.17. The molecule has 17 heavy (non-hydrogen) atoms. The Morgan fingerprint density at radius 2 is 2.35 bits per heavy atom. The van der Waals surface area contributed by atoms with Crippen molar-refractivity contribution in [2.75, 3.05) is 18.0 Å². The average Bonchev–Trinajstić information content (AvgIpc) is 2.27. The zero-order chi connectivity index (χ0) is 12.5. The number of pyridine rings is 1. The third-order valence-corrected chi connectivity index (χ3v) is 3.28. The molecule has 1 saturated heterocycles. The molecular weight excluding hydrogens is 214 g/mol. The Morgan fingerprint density at radius 3 is 3.00 bits per heavy atom. The van der Waals surface area contributed by atoms with Gasteiger partial charge < -0.3 is 15.7 Å². The molecule has 0 amide bonds. The van der Waals surface area contributed by atoms with Crippen LogP contribution in [0, 0.1) is 0 Å². The van der Waals surface area contributed by atoms with Crippen LogP contribution in [0.15, 0.2) is 18.3 Å². The summed E-state index contributed by atoms with van der Waals surface area (Å²) in [6.45, 7) is 5.41. The van der Waals surface area contributed by atoms with Crippen LogP contribution < -0.4 is 10.6 Å². The number of hydrogen-bond acceptors (Lipinski definition) is 4. The predicted molar refractivity (Wildman–Crippen MR) is 68.9 cm³/mol. The maximum atomic E-state index is 10.1. The van der Waals surface area contributed by atoms with Gasteiger partial charge in [-0.15, -0.1) is 0 Å². The van der Waals surface area contributed by atoms with E-state index < -0.39 is 5.60 Å². The molecule has 0 aliphatic carbocycles. The van der Waals surface area contributed by atoms with Crippen LogP contribution in [0.4, 0.5) is 5.82 Å². The number of aromatic nitrogens is 1. The fraction of sp³-hybridized carbons (Fsp3) is 0.615. The predicted octanol–water partition coefficient (Wildman–Crippen LogP) is 1.45. The van der Waals surface area contributed by atoms with Gasteiger partial charge in [-0.25, -0.2) is 4.98 Å². The van der Waals surface area contributed by atoms with E-state index in [9.17, 15) is 5.11 Å². The van der Waals surface area contributed by atoms with Crippen molar-refractivity contribution in [3.8, 4) is 0 Å². The number of aliphatic hydroxyl groups is 1. The van der Waals surface area contributed by atoms with E-state index in [-0.39, 0.29) is 6.04 Å². The van der Waals surface area contributed by atoms with Crippen LogP contribution >= 0.6 is 0 Å². The molecule has 1 unspecified atom stereocenters. The lowest BCUT2D eigenvalue weighted by Gasteiger charge is -2.38.